The fourth-order valence-corrected chi connectivity index (χ4v) is 3.71. The van der Waals surface area contributed by atoms with Crippen LogP contribution in [0.3, 0.4) is 0 Å². The van der Waals surface area contributed by atoms with Gasteiger partial charge >= 0.3 is 0 Å². The van der Waals surface area contributed by atoms with Crippen molar-refractivity contribution in [1.82, 2.24) is 10.2 Å². The number of hydrogen-bond donors (Lipinski definition) is 2. The summed E-state index contributed by atoms with van der Waals surface area (Å²) in [6.45, 7) is 3.01. The van der Waals surface area contributed by atoms with Gasteiger partial charge in [-0.1, -0.05) is 18.2 Å². The Hall–Kier alpha value is -2.90. The first kappa shape index (κ1) is 20.4. The minimum Gasteiger partial charge on any atom is -0.493 e. The number of anilines is 1. The van der Waals surface area contributed by atoms with Crippen molar-refractivity contribution in [3.8, 4) is 5.75 Å². The molecule has 1 saturated heterocycles. The van der Waals surface area contributed by atoms with Crippen LogP contribution in [0.15, 0.2) is 59.0 Å². The van der Waals surface area contributed by atoms with Gasteiger partial charge in [-0.3, -0.25) is 10.1 Å². The molecule has 0 aliphatic carbocycles. The van der Waals surface area contributed by atoms with Crippen LogP contribution in [0.4, 0.5) is 5.69 Å². The number of benzene rings is 2. The Labute approximate surface area is 181 Å². The molecule has 1 fully saturated rings. The number of thiocarbonyl (C=S) groups is 1. The molecule has 0 unspecified atom stereocenters. The average Bonchev–Trinajstić information content (AvgIpc) is 3.19. The number of furan rings is 1. The number of amides is 1. The monoisotopic (exact) mass is 423 g/mol. The number of fused-ring (bicyclic) bond motifs is 1. The van der Waals surface area contributed by atoms with Gasteiger partial charge in [-0.25, -0.2) is 0 Å². The Bertz CT molecular complexity index is 991. The molecule has 1 aromatic heterocycles. The third-order valence-corrected chi connectivity index (χ3v) is 5.52. The van der Waals surface area contributed by atoms with E-state index in [2.05, 4.69) is 22.6 Å². The zero-order valence-corrected chi connectivity index (χ0v) is 17.7. The van der Waals surface area contributed by atoms with E-state index in [-0.39, 0.29) is 16.8 Å². The van der Waals surface area contributed by atoms with Crippen LogP contribution < -0.4 is 15.4 Å². The van der Waals surface area contributed by atoms with E-state index >= 15 is 0 Å². The summed E-state index contributed by atoms with van der Waals surface area (Å²) in [4.78, 5) is 14.7. The Morgan fingerprint density at radius 3 is 2.63 bits per heavy atom. The molecule has 1 amide bonds. The van der Waals surface area contributed by atoms with E-state index in [0.29, 0.717) is 11.5 Å². The first-order chi connectivity index (χ1) is 14.6. The lowest BCUT2D eigenvalue weighted by Crippen LogP contribution is -2.33. The maximum absolute atomic E-state index is 12.4. The summed E-state index contributed by atoms with van der Waals surface area (Å²) in [6.07, 6.45) is 2.35. The number of piperidine rings is 1. The van der Waals surface area contributed by atoms with Gasteiger partial charge in [-0.2, -0.15) is 0 Å². The summed E-state index contributed by atoms with van der Waals surface area (Å²) < 4.78 is 11.5. The molecule has 3 aromatic rings. The first-order valence-electron chi connectivity index (χ1n) is 10.1. The van der Waals surface area contributed by atoms with Crippen LogP contribution in [0.25, 0.3) is 11.0 Å². The predicted octanol–water partition coefficient (Wildman–Crippen LogP) is 4.28. The van der Waals surface area contributed by atoms with Crippen LogP contribution in [0, 0.1) is 5.92 Å². The minimum atomic E-state index is -0.387. The van der Waals surface area contributed by atoms with Crippen LogP contribution in [-0.4, -0.2) is 42.7 Å². The summed E-state index contributed by atoms with van der Waals surface area (Å²) >= 11 is 5.25. The average molecular weight is 424 g/mol. The van der Waals surface area contributed by atoms with Gasteiger partial charge < -0.3 is 19.4 Å². The number of nitrogens with one attached hydrogen (secondary N) is 2. The number of hydrogen-bond acceptors (Lipinski definition) is 5. The molecule has 2 heterocycles. The van der Waals surface area contributed by atoms with Crippen LogP contribution in [0.1, 0.15) is 23.4 Å². The summed E-state index contributed by atoms with van der Waals surface area (Å²) in [6, 6.07) is 16.7. The molecule has 156 valence electrons. The highest BCUT2D eigenvalue weighted by Gasteiger charge is 2.17. The van der Waals surface area contributed by atoms with E-state index < -0.39 is 0 Å². The molecule has 7 heteroatoms. The lowest BCUT2D eigenvalue weighted by atomic mass is 9.98. The van der Waals surface area contributed by atoms with Gasteiger partial charge in [-0.05, 0) is 87.5 Å². The van der Waals surface area contributed by atoms with Crippen LogP contribution in [0.2, 0.25) is 0 Å². The predicted molar refractivity (Wildman–Crippen MR) is 122 cm³/mol. The minimum absolute atomic E-state index is 0.209. The fourth-order valence-electron chi connectivity index (χ4n) is 3.50. The molecule has 4 rings (SSSR count). The lowest BCUT2D eigenvalue weighted by Gasteiger charge is -2.28. The fraction of sp³-hybridized carbons (Fsp3) is 0.304. The molecule has 0 atom stereocenters. The first-order valence-corrected chi connectivity index (χ1v) is 10.5. The molecule has 2 N–H and O–H groups in total. The van der Waals surface area contributed by atoms with Crippen molar-refractivity contribution < 1.29 is 13.9 Å². The summed E-state index contributed by atoms with van der Waals surface area (Å²) in [5.41, 5.74) is 1.44. The van der Waals surface area contributed by atoms with Gasteiger partial charge in [0.2, 0.25) is 0 Å². The van der Waals surface area contributed by atoms with Gasteiger partial charge in [0.25, 0.3) is 5.91 Å². The molecule has 30 heavy (non-hydrogen) atoms. The number of rotatable bonds is 5. The molecule has 2 aromatic carbocycles. The molecule has 6 nitrogen and oxygen atoms in total. The standard InChI is InChI=1S/C23H25N3O3S/c1-26-12-10-16(11-13-26)15-28-19-8-6-18(7-9-19)24-23(30)25-22(27)21-14-17-4-2-3-5-20(17)29-21/h2-9,14,16H,10-13,15H2,1H3,(H2,24,25,27,30). The molecule has 0 bridgehead atoms. The number of carbonyl (C=O) groups is 1. The van der Waals surface area contributed by atoms with Gasteiger partial charge in [0.05, 0.1) is 6.61 Å². The Kier molecular flexibility index (Phi) is 6.30. The van der Waals surface area contributed by atoms with Crippen molar-refractivity contribution in [1.29, 1.82) is 0 Å². The molecule has 0 saturated carbocycles. The second-order valence-corrected chi connectivity index (χ2v) is 8.05. The van der Waals surface area contributed by atoms with Crippen molar-refractivity contribution in [2.75, 3.05) is 32.1 Å². The quantitative estimate of drug-likeness (QED) is 0.597. The van der Waals surface area contributed by atoms with Crippen molar-refractivity contribution in [3.05, 3.63) is 60.4 Å². The van der Waals surface area contributed by atoms with Crippen LogP contribution in [0.5, 0.6) is 5.75 Å². The van der Waals surface area contributed by atoms with Crippen molar-refractivity contribution in [2.45, 2.75) is 12.8 Å². The SMILES string of the molecule is CN1CCC(COc2ccc(NC(=S)NC(=O)c3cc4ccccc4o3)cc2)CC1. The summed E-state index contributed by atoms with van der Waals surface area (Å²) in [5, 5.41) is 6.74. The maximum Gasteiger partial charge on any atom is 0.293 e. The normalized spacial score (nSPS) is 15.1. The van der Waals surface area contributed by atoms with Gasteiger partial charge in [0.1, 0.15) is 11.3 Å². The molecule has 1 aliphatic rings. The topological polar surface area (TPSA) is 66.7 Å². The third-order valence-electron chi connectivity index (χ3n) is 5.31. The van der Waals surface area contributed by atoms with E-state index in [9.17, 15) is 4.79 Å². The number of para-hydroxylation sites is 1. The lowest BCUT2D eigenvalue weighted by molar-refractivity contribution is 0.0953. The van der Waals surface area contributed by atoms with Crippen molar-refractivity contribution in [3.63, 3.8) is 0 Å². The number of carbonyl (C=O) groups excluding carboxylic acids is 1. The highest BCUT2D eigenvalue weighted by Crippen LogP contribution is 2.21. The zero-order chi connectivity index (χ0) is 20.9. The van der Waals surface area contributed by atoms with E-state index in [1.807, 2.05) is 48.5 Å². The molecule has 1 aliphatic heterocycles. The smallest absolute Gasteiger partial charge is 0.293 e. The van der Waals surface area contributed by atoms with E-state index in [1.54, 1.807) is 6.07 Å². The van der Waals surface area contributed by atoms with Gasteiger partial charge in [0.15, 0.2) is 10.9 Å². The molecule has 0 radical (unpaired) electrons. The Balaban J connectivity index is 1.26. The largest absolute Gasteiger partial charge is 0.493 e. The second-order valence-electron chi connectivity index (χ2n) is 7.64. The van der Waals surface area contributed by atoms with Crippen LogP contribution in [-0.2, 0) is 0 Å². The van der Waals surface area contributed by atoms with Gasteiger partial charge in [-0.15, -0.1) is 0 Å². The van der Waals surface area contributed by atoms with E-state index in [4.69, 9.17) is 21.4 Å². The Morgan fingerprint density at radius 2 is 1.90 bits per heavy atom. The van der Waals surface area contributed by atoms with Crippen molar-refractivity contribution >= 4 is 39.9 Å². The van der Waals surface area contributed by atoms with E-state index in [1.165, 1.54) is 12.8 Å². The van der Waals surface area contributed by atoms with Crippen molar-refractivity contribution in [2.24, 2.45) is 5.92 Å². The molecular formula is C23H25N3O3S. The number of likely N-dealkylation sites (tertiary alicyclic amines) is 1. The summed E-state index contributed by atoms with van der Waals surface area (Å²) in [7, 11) is 2.16. The highest BCUT2D eigenvalue weighted by atomic mass is 32.1. The Morgan fingerprint density at radius 1 is 1.17 bits per heavy atom. The molecular weight excluding hydrogens is 398 g/mol. The maximum atomic E-state index is 12.4. The third kappa shape index (κ3) is 5.17. The van der Waals surface area contributed by atoms with Gasteiger partial charge in [0, 0.05) is 11.1 Å². The van der Waals surface area contributed by atoms with E-state index in [0.717, 1.165) is 36.5 Å². The molecule has 0 spiro atoms. The number of nitrogens with zero attached hydrogens (tertiary/aromatic N) is 1. The number of ether oxygens (including phenoxy) is 1. The second kappa shape index (κ2) is 9.28. The zero-order valence-electron chi connectivity index (χ0n) is 16.9. The summed E-state index contributed by atoms with van der Waals surface area (Å²) in [5.74, 6) is 1.27. The van der Waals surface area contributed by atoms with Crippen LogP contribution >= 0.6 is 12.2 Å². The highest BCUT2D eigenvalue weighted by molar-refractivity contribution is 7.80.